The van der Waals surface area contributed by atoms with Gasteiger partial charge in [-0.3, -0.25) is 9.59 Å². The van der Waals surface area contributed by atoms with Crippen molar-refractivity contribution >= 4 is 22.8 Å². The van der Waals surface area contributed by atoms with E-state index in [0.29, 0.717) is 36.5 Å². The highest BCUT2D eigenvalue weighted by atomic mass is 16.5. The van der Waals surface area contributed by atoms with Gasteiger partial charge in [0.05, 0.1) is 17.9 Å². The van der Waals surface area contributed by atoms with E-state index in [4.69, 9.17) is 9.26 Å². The minimum absolute atomic E-state index is 0.0869. The van der Waals surface area contributed by atoms with Gasteiger partial charge in [0.1, 0.15) is 5.52 Å². The van der Waals surface area contributed by atoms with E-state index in [9.17, 15) is 9.59 Å². The molecule has 1 amide bonds. The lowest BCUT2D eigenvalue weighted by molar-refractivity contribution is -0.149. The molecule has 3 aromatic rings. The Bertz CT molecular complexity index is 996. The number of rotatable bonds is 4. The van der Waals surface area contributed by atoms with E-state index in [0.717, 1.165) is 23.8 Å². The lowest BCUT2D eigenvalue weighted by Crippen LogP contribution is -2.42. The first-order chi connectivity index (χ1) is 13.7. The molecule has 0 bridgehead atoms. The first-order valence-corrected chi connectivity index (χ1v) is 9.58. The van der Waals surface area contributed by atoms with Crippen LogP contribution in [0.1, 0.15) is 30.1 Å². The molecule has 0 saturated carbocycles. The summed E-state index contributed by atoms with van der Waals surface area (Å²) >= 11 is 0. The summed E-state index contributed by atoms with van der Waals surface area (Å²) in [6.45, 7) is 3.19. The molecule has 2 heterocycles. The number of amides is 1. The lowest BCUT2D eigenvalue weighted by atomic mass is 9.97. The summed E-state index contributed by atoms with van der Waals surface area (Å²) in [6.07, 6.45) is 1.55. The third-order valence-corrected chi connectivity index (χ3v) is 5.09. The number of carbonyl (C=O) groups excluding carboxylic acids is 2. The van der Waals surface area contributed by atoms with Gasteiger partial charge in [-0.25, -0.2) is 0 Å². The van der Waals surface area contributed by atoms with Crippen LogP contribution in [-0.4, -0.2) is 41.6 Å². The van der Waals surface area contributed by atoms with Crippen molar-refractivity contribution in [1.29, 1.82) is 0 Å². The molecule has 1 aliphatic heterocycles. The molecule has 1 atom stereocenters. The molecule has 1 unspecified atom stereocenters. The average molecular weight is 378 g/mol. The van der Waals surface area contributed by atoms with Crippen molar-refractivity contribution in [3.63, 3.8) is 0 Å². The Balaban J connectivity index is 1.60. The summed E-state index contributed by atoms with van der Waals surface area (Å²) in [5.74, 6) is 0.0853. The Labute approximate surface area is 163 Å². The Morgan fingerprint density at radius 1 is 1.21 bits per heavy atom. The molecule has 28 heavy (non-hydrogen) atoms. The molecule has 0 spiro atoms. The van der Waals surface area contributed by atoms with Crippen LogP contribution in [0.3, 0.4) is 0 Å². The van der Waals surface area contributed by atoms with Crippen molar-refractivity contribution in [2.24, 2.45) is 5.92 Å². The van der Waals surface area contributed by atoms with Gasteiger partial charge in [-0.2, -0.15) is 0 Å². The SMILES string of the molecule is CCOC(=O)C1CCCN(C(=O)c2ccc3noc(-c4ccccc4)c3c2)C1. The number of fused-ring (bicyclic) bond motifs is 1. The van der Waals surface area contributed by atoms with E-state index in [1.54, 1.807) is 24.0 Å². The number of carbonyl (C=O) groups is 2. The van der Waals surface area contributed by atoms with E-state index in [2.05, 4.69) is 5.16 Å². The highest BCUT2D eigenvalue weighted by Crippen LogP contribution is 2.30. The zero-order valence-electron chi connectivity index (χ0n) is 15.8. The van der Waals surface area contributed by atoms with Gasteiger partial charge < -0.3 is 14.2 Å². The summed E-state index contributed by atoms with van der Waals surface area (Å²) < 4.78 is 10.7. The van der Waals surface area contributed by atoms with Gasteiger partial charge in [0, 0.05) is 24.2 Å². The molecular weight excluding hydrogens is 356 g/mol. The third kappa shape index (κ3) is 3.50. The van der Waals surface area contributed by atoms with E-state index in [1.165, 1.54) is 0 Å². The number of hydrogen-bond acceptors (Lipinski definition) is 5. The molecule has 4 rings (SSSR count). The Kier molecular flexibility index (Phi) is 5.10. The first kappa shape index (κ1) is 18.2. The molecule has 0 radical (unpaired) electrons. The van der Waals surface area contributed by atoms with E-state index in [-0.39, 0.29) is 17.8 Å². The monoisotopic (exact) mass is 378 g/mol. The third-order valence-electron chi connectivity index (χ3n) is 5.09. The molecule has 6 heteroatoms. The number of ether oxygens (including phenoxy) is 1. The second kappa shape index (κ2) is 7.84. The van der Waals surface area contributed by atoms with E-state index in [1.807, 2.05) is 36.4 Å². The van der Waals surface area contributed by atoms with E-state index < -0.39 is 0 Å². The smallest absolute Gasteiger partial charge is 0.310 e. The second-order valence-electron chi connectivity index (χ2n) is 6.95. The summed E-state index contributed by atoms with van der Waals surface area (Å²) in [7, 11) is 0. The molecular formula is C22H22N2O4. The van der Waals surface area contributed by atoms with Crippen LogP contribution in [0.2, 0.25) is 0 Å². The van der Waals surface area contributed by atoms with E-state index >= 15 is 0 Å². The van der Waals surface area contributed by atoms with Crippen molar-refractivity contribution in [1.82, 2.24) is 10.1 Å². The van der Waals surface area contributed by atoms with Gasteiger partial charge in [0.25, 0.3) is 5.91 Å². The zero-order chi connectivity index (χ0) is 19.5. The van der Waals surface area contributed by atoms with Crippen LogP contribution >= 0.6 is 0 Å². The fourth-order valence-electron chi connectivity index (χ4n) is 3.67. The van der Waals surface area contributed by atoms with Crippen LogP contribution in [-0.2, 0) is 9.53 Å². The van der Waals surface area contributed by atoms with Crippen LogP contribution in [0.4, 0.5) is 0 Å². The standard InChI is InChI=1S/C22H22N2O4/c1-2-27-22(26)17-9-6-12-24(14-17)21(25)16-10-11-19-18(13-16)20(28-23-19)15-7-4-3-5-8-15/h3-5,7-8,10-11,13,17H,2,6,9,12,14H2,1H3. The number of aromatic nitrogens is 1. The minimum atomic E-state index is -0.253. The zero-order valence-corrected chi connectivity index (χ0v) is 15.8. The molecule has 0 N–H and O–H groups in total. The van der Waals surface area contributed by atoms with Crippen LogP contribution in [0, 0.1) is 5.92 Å². The molecule has 1 saturated heterocycles. The van der Waals surface area contributed by atoms with Crippen molar-refractivity contribution in [2.75, 3.05) is 19.7 Å². The molecule has 6 nitrogen and oxygen atoms in total. The van der Waals surface area contributed by atoms with Crippen molar-refractivity contribution in [3.05, 3.63) is 54.1 Å². The van der Waals surface area contributed by atoms with Gasteiger partial charge in [-0.1, -0.05) is 35.5 Å². The normalized spacial score (nSPS) is 16.9. The quantitative estimate of drug-likeness (QED) is 0.644. The summed E-state index contributed by atoms with van der Waals surface area (Å²) in [5.41, 5.74) is 2.19. The maximum Gasteiger partial charge on any atom is 0.310 e. The molecule has 2 aromatic carbocycles. The molecule has 1 fully saturated rings. The summed E-state index contributed by atoms with van der Waals surface area (Å²) in [6, 6.07) is 15.1. The second-order valence-corrected chi connectivity index (χ2v) is 6.95. The van der Waals surface area contributed by atoms with Crippen molar-refractivity contribution < 1.29 is 18.8 Å². The molecule has 1 aliphatic rings. The van der Waals surface area contributed by atoms with Gasteiger partial charge >= 0.3 is 5.97 Å². The Morgan fingerprint density at radius 2 is 2.04 bits per heavy atom. The highest BCUT2D eigenvalue weighted by Gasteiger charge is 2.30. The van der Waals surface area contributed by atoms with Crippen LogP contribution in [0.15, 0.2) is 53.1 Å². The number of likely N-dealkylation sites (tertiary alicyclic amines) is 1. The van der Waals surface area contributed by atoms with Gasteiger partial charge in [-0.05, 0) is 38.0 Å². The number of nitrogens with zero attached hydrogens (tertiary/aromatic N) is 2. The fourth-order valence-corrected chi connectivity index (χ4v) is 3.67. The topological polar surface area (TPSA) is 72.6 Å². The molecule has 1 aromatic heterocycles. The van der Waals surface area contributed by atoms with Crippen molar-refractivity contribution in [3.8, 4) is 11.3 Å². The number of esters is 1. The number of piperidine rings is 1. The first-order valence-electron chi connectivity index (χ1n) is 9.58. The van der Waals surface area contributed by atoms with Gasteiger partial charge in [0.15, 0.2) is 5.76 Å². The largest absolute Gasteiger partial charge is 0.466 e. The number of hydrogen-bond donors (Lipinski definition) is 0. The molecule has 144 valence electrons. The Morgan fingerprint density at radius 3 is 2.82 bits per heavy atom. The predicted octanol–water partition coefficient (Wildman–Crippen LogP) is 3.91. The van der Waals surface area contributed by atoms with Crippen LogP contribution < -0.4 is 0 Å². The minimum Gasteiger partial charge on any atom is -0.466 e. The fraction of sp³-hybridized carbons (Fsp3) is 0.318. The lowest BCUT2D eigenvalue weighted by Gasteiger charge is -2.31. The maximum atomic E-state index is 13.1. The average Bonchev–Trinajstić information content (AvgIpc) is 3.17. The molecule has 0 aliphatic carbocycles. The summed E-state index contributed by atoms with van der Waals surface area (Å²) in [4.78, 5) is 26.9. The highest BCUT2D eigenvalue weighted by molar-refractivity contribution is 6.01. The van der Waals surface area contributed by atoms with Crippen LogP contribution in [0.25, 0.3) is 22.2 Å². The predicted molar refractivity (Wildman–Crippen MR) is 105 cm³/mol. The van der Waals surface area contributed by atoms with Crippen LogP contribution in [0.5, 0.6) is 0 Å². The van der Waals surface area contributed by atoms with Gasteiger partial charge in [0.2, 0.25) is 0 Å². The van der Waals surface area contributed by atoms with Crippen molar-refractivity contribution in [2.45, 2.75) is 19.8 Å². The number of benzene rings is 2. The Hall–Kier alpha value is -3.15. The summed E-state index contributed by atoms with van der Waals surface area (Å²) in [5, 5.41) is 4.90. The maximum absolute atomic E-state index is 13.1. The van der Waals surface area contributed by atoms with Gasteiger partial charge in [-0.15, -0.1) is 0 Å².